The number of amides is 1. The zero-order valence-electron chi connectivity index (χ0n) is 15.9. The highest BCUT2D eigenvalue weighted by Gasteiger charge is 2.20. The second kappa shape index (κ2) is 9.38. The summed E-state index contributed by atoms with van der Waals surface area (Å²) in [4.78, 5) is 25.8. The van der Waals surface area contributed by atoms with Crippen LogP contribution in [0.3, 0.4) is 0 Å². The minimum absolute atomic E-state index is 0.158. The maximum Gasteiger partial charge on any atom is 0.284 e. The van der Waals surface area contributed by atoms with Crippen molar-refractivity contribution >= 4 is 29.1 Å². The summed E-state index contributed by atoms with van der Waals surface area (Å²) in [5.74, 6) is -1.23. The van der Waals surface area contributed by atoms with Gasteiger partial charge >= 0.3 is 0 Å². The molecule has 30 heavy (non-hydrogen) atoms. The van der Waals surface area contributed by atoms with Gasteiger partial charge in [-0.3, -0.25) is 9.59 Å². The number of carbonyl (C=O) groups is 1. The first-order valence-corrected chi connectivity index (χ1v) is 9.87. The minimum atomic E-state index is -0.727. The van der Waals surface area contributed by atoms with Crippen molar-refractivity contribution in [2.24, 2.45) is 0 Å². The van der Waals surface area contributed by atoms with E-state index in [9.17, 15) is 19.1 Å². The van der Waals surface area contributed by atoms with Crippen LogP contribution in [0.25, 0.3) is 16.9 Å². The van der Waals surface area contributed by atoms with Gasteiger partial charge in [0.25, 0.3) is 11.5 Å². The van der Waals surface area contributed by atoms with E-state index in [0.29, 0.717) is 17.0 Å². The van der Waals surface area contributed by atoms with Crippen molar-refractivity contribution in [3.8, 4) is 16.9 Å². The molecule has 0 bridgehead atoms. The SMILES string of the molecule is CCC(CO)NC(=O)c1cc(-c2ccc(Cl)c(Cl)c2)nn(-c2cccc(F)c2)c1=O. The van der Waals surface area contributed by atoms with Gasteiger partial charge in [-0.25, -0.2) is 4.39 Å². The number of aliphatic hydroxyl groups is 1. The summed E-state index contributed by atoms with van der Waals surface area (Å²) in [7, 11) is 0. The van der Waals surface area contributed by atoms with E-state index in [0.717, 1.165) is 10.7 Å². The molecule has 1 aromatic heterocycles. The normalized spacial score (nSPS) is 11.9. The van der Waals surface area contributed by atoms with Crippen LogP contribution in [0.4, 0.5) is 4.39 Å². The summed E-state index contributed by atoms with van der Waals surface area (Å²) >= 11 is 12.1. The van der Waals surface area contributed by atoms with Crippen LogP contribution in [0, 0.1) is 5.82 Å². The summed E-state index contributed by atoms with van der Waals surface area (Å²) < 4.78 is 14.7. The van der Waals surface area contributed by atoms with Gasteiger partial charge in [-0.05, 0) is 42.8 Å². The summed E-state index contributed by atoms with van der Waals surface area (Å²) in [6, 6.07) is 10.9. The molecule has 6 nitrogen and oxygen atoms in total. The third-order valence-electron chi connectivity index (χ3n) is 4.47. The molecule has 3 rings (SSSR count). The molecular weight excluding hydrogens is 432 g/mol. The Bertz CT molecular complexity index is 1150. The molecular formula is C21H18Cl2FN3O3. The third-order valence-corrected chi connectivity index (χ3v) is 5.21. The number of hydrogen-bond donors (Lipinski definition) is 2. The number of nitrogens with one attached hydrogen (secondary N) is 1. The average Bonchev–Trinajstić information content (AvgIpc) is 2.74. The molecule has 2 N–H and O–H groups in total. The van der Waals surface area contributed by atoms with Crippen molar-refractivity contribution < 1.29 is 14.3 Å². The Morgan fingerprint density at radius 1 is 1.20 bits per heavy atom. The van der Waals surface area contributed by atoms with E-state index < -0.39 is 23.3 Å². The summed E-state index contributed by atoms with van der Waals surface area (Å²) in [6.45, 7) is 1.52. The maximum atomic E-state index is 13.7. The van der Waals surface area contributed by atoms with Crippen LogP contribution in [0.5, 0.6) is 0 Å². The number of carbonyl (C=O) groups excluding carboxylic acids is 1. The van der Waals surface area contributed by atoms with Crippen molar-refractivity contribution in [3.63, 3.8) is 0 Å². The Morgan fingerprint density at radius 2 is 1.97 bits per heavy atom. The van der Waals surface area contributed by atoms with Crippen LogP contribution < -0.4 is 10.9 Å². The van der Waals surface area contributed by atoms with Gasteiger partial charge < -0.3 is 10.4 Å². The van der Waals surface area contributed by atoms with E-state index in [-0.39, 0.29) is 28.6 Å². The molecule has 1 unspecified atom stereocenters. The van der Waals surface area contributed by atoms with E-state index in [4.69, 9.17) is 23.2 Å². The van der Waals surface area contributed by atoms with Crippen molar-refractivity contribution in [2.75, 3.05) is 6.61 Å². The van der Waals surface area contributed by atoms with Gasteiger partial charge in [-0.15, -0.1) is 0 Å². The van der Waals surface area contributed by atoms with Crippen molar-refractivity contribution in [3.05, 3.63) is 80.3 Å². The molecule has 3 aromatic rings. The van der Waals surface area contributed by atoms with Crippen LogP contribution in [-0.4, -0.2) is 33.4 Å². The average molecular weight is 450 g/mol. The van der Waals surface area contributed by atoms with E-state index in [2.05, 4.69) is 10.4 Å². The van der Waals surface area contributed by atoms with E-state index in [1.54, 1.807) is 25.1 Å². The molecule has 0 aliphatic heterocycles. The first-order chi connectivity index (χ1) is 14.3. The van der Waals surface area contributed by atoms with Crippen LogP contribution in [0.15, 0.2) is 53.3 Å². The first kappa shape index (κ1) is 22.0. The summed E-state index contributed by atoms with van der Waals surface area (Å²) in [6.07, 6.45) is 0.477. The highest BCUT2D eigenvalue weighted by Crippen LogP contribution is 2.27. The standard InChI is InChI=1S/C21H18Cl2FN3O3/c1-2-14(11-28)25-20(29)16-10-19(12-6-7-17(22)18(23)8-12)26-27(21(16)30)15-5-3-4-13(24)9-15/h3-10,14,28H,2,11H2,1H3,(H,25,29). The molecule has 0 saturated carbocycles. The molecule has 0 spiro atoms. The summed E-state index contributed by atoms with van der Waals surface area (Å²) in [5.41, 5.74) is -0.000440. The van der Waals surface area contributed by atoms with E-state index in [1.807, 2.05) is 0 Å². The number of aliphatic hydroxyl groups excluding tert-OH is 1. The maximum absolute atomic E-state index is 13.7. The number of nitrogens with zero attached hydrogens (tertiary/aromatic N) is 2. The van der Waals surface area contributed by atoms with Gasteiger partial charge in [-0.2, -0.15) is 9.78 Å². The van der Waals surface area contributed by atoms with Crippen molar-refractivity contribution in [2.45, 2.75) is 19.4 Å². The molecule has 0 aliphatic carbocycles. The smallest absolute Gasteiger partial charge is 0.284 e. The van der Waals surface area contributed by atoms with Crippen LogP contribution in [0.1, 0.15) is 23.7 Å². The Kier molecular flexibility index (Phi) is 6.87. The third kappa shape index (κ3) is 4.70. The lowest BCUT2D eigenvalue weighted by Crippen LogP contribution is -2.40. The molecule has 0 fully saturated rings. The molecule has 1 heterocycles. The molecule has 1 atom stereocenters. The van der Waals surface area contributed by atoms with E-state index >= 15 is 0 Å². The highest BCUT2D eigenvalue weighted by molar-refractivity contribution is 6.42. The number of halogens is 3. The van der Waals surface area contributed by atoms with Crippen LogP contribution in [-0.2, 0) is 0 Å². The van der Waals surface area contributed by atoms with E-state index in [1.165, 1.54) is 24.3 Å². The lowest BCUT2D eigenvalue weighted by molar-refractivity contribution is 0.0913. The molecule has 2 aromatic carbocycles. The van der Waals surface area contributed by atoms with Crippen molar-refractivity contribution in [1.29, 1.82) is 0 Å². The number of rotatable bonds is 6. The minimum Gasteiger partial charge on any atom is -0.394 e. The van der Waals surface area contributed by atoms with Gasteiger partial charge in [0, 0.05) is 5.56 Å². The topological polar surface area (TPSA) is 84.2 Å². The Hall–Kier alpha value is -2.74. The quantitative estimate of drug-likeness (QED) is 0.598. The lowest BCUT2D eigenvalue weighted by Gasteiger charge is -2.15. The number of aromatic nitrogens is 2. The molecule has 1 amide bonds. The zero-order valence-corrected chi connectivity index (χ0v) is 17.4. The van der Waals surface area contributed by atoms with Gasteiger partial charge in [0.15, 0.2) is 0 Å². The van der Waals surface area contributed by atoms with Gasteiger partial charge in [0.1, 0.15) is 11.4 Å². The number of benzene rings is 2. The first-order valence-electron chi connectivity index (χ1n) is 9.11. The lowest BCUT2D eigenvalue weighted by atomic mass is 10.1. The van der Waals surface area contributed by atoms with Crippen molar-refractivity contribution in [1.82, 2.24) is 15.1 Å². The Balaban J connectivity index is 2.20. The summed E-state index contributed by atoms with van der Waals surface area (Å²) in [5, 5.41) is 16.9. The van der Waals surface area contributed by atoms with Gasteiger partial charge in [0.2, 0.25) is 0 Å². The molecule has 0 saturated heterocycles. The second-order valence-electron chi connectivity index (χ2n) is 6.53. The van der Waals surface area contributed by atoms with Gasteiger partial charge in [0.05, 0.1) is 34.1 Å². The Morgan fingerprint density at radius 3 is 2.60 bits per heavy atom. The largest absolute Gasteiger partial charge is 0.394 e. The highest BCUT2D eigenvalue weighted by atomic mass is 35.5. The molecule has 156 valence electrons. The fraction of sp³-hybridized carbons (Fsp3) is 0.190. The fourth-order valence-corrected chi connectivity index (χ4v) is 3.07. The van der Waals surface area contributed by atoms with Gasteiger partial charge in [-0.1, -0.05) is 42.3 Å². The van der Waals surface area contributed by atoms with Crippen LogP contribution >= 0.6 is 23.2 Å². The zero-order chi connectivity index (χ0) is 21.8. The predicted octanol–water partition coefficient (Wildman–Crippen LogP) is 3.85. The molecule has 0 radical (unpaired) electrons. The molecule has 0 aliphatic rings. The fourth-order valence-electron chi connectivity index (χ4n) is 2.78. The second-order valence-corrected chi connectivity index (χ2v) is 7.34. The Labute approximate surface area is 181 Å². The number of hydrogen-bond acceptors (Lipinski definition) is 4. The molecule has 9 heteroatoms. The monoisotopic (exact) mass is 449 g/mol. The van der Waals surface area contributed by atoms with Crippen LogP contribution in [0.2, 0.25) is 10.0 Å². The predicted molar refractivity (Wildman–Crippen MR) is 114 cm³/mol.